The van der Waals surface area contributed by atoms with Crippen LogP contribution in [-0.2, 0) is 0 Å². The third-order valence-corrected chi connectivity index (χ3v) is 4.18. The minimum atomic E-state index is 0.524. The van der Waals surface area contributed by atoms with Crippen LogP contribution in [0.25, 0.3) is 10.8 Å². The van der Waals surface area contributed by atoms with Crippen LogP contribution in [0.4, 0.5) is 0 Å². The molecule has 3 atom stereocenters. The van der Waals surface area contributed by atoms with Gasteiger partial charge in [-0.15, -0.1) is 0 Å². The fourth-order valence-corrected chi connectivity index (χ4v) is 3.05. The summed E-state index contributed by atoms with van der Waals surface area (Å²) in [5.74, 6) is 1.68. The number of hydrogen-bond acceptors (Lipinski definition) is 1. The maximum Gasteiger partial charge on any atom is 0.0357 e. The number of nitrogens with one attached hydrogen (secondary N) is 1. The predicted molar refractivity (Wildman–Crippen MR) is 77.6 cm³/mol. The molecule has 3 unspecified atom stereocenters. The van der Waals surface area contributed by atoms with Crippen LogP contribution in [0.15, 0.2) is 42.5 Å². The summed E-state index contributed by atoms with van der Waals surface area (Å²) in [7, 11) is 0. The summed E-state index contributed by atoms with van der Waals surface area (Å²) in [6, 6.07) is 15.9. The number of hydrogen-bond donors (Lipinski definition) is 1. The summed E-state index contributed by atoms with van der Waals surface area (Å²) in [4.78, 5) is 0. The molecule has 1 nitrogen and oxygen atoms in total. The van der Waals surface area contributed by atoms with E-state index in [4.69, 9.17) is 0 Å². The minimum absolute atomic E-state index is 0.524. The van der Waals surface area contributed by atoms with Crippen molar-refractivity contribution in [1.29, 1.82) is 0 Å². The van der Waals surface area contributed by atoms with Crippen LogP contribution in [0.2, 0.25) is 0 Å². The molecule has 0 saturated heterocycles. The molecule has 0 heterocycles. The molecule has 1 N–H and O–H groups in total. The normalized spacial score (nSPS) is 24.1. The van der Waals surface area contributed by atoms with Crippen molar-refractivity contribution in [2.24, 2.45) is 11.8 Å². The molecule has 1 aliphatic rings. The zero-order valence-electron chi connectivity index (χ0n) is 11.2. The van der Waals surface area contributed by atoms with Crippen molar-refractivity contribution in [2.45, 2.75) is 26.3 Å². The Hall–Kier alpha value is -1.34. The molecule has 1 fully saturated rings. The predicted octanol–water partition coefficient (Wildman–Crippen LogP) is 4.15. The molecule has 0 bridgehead atoms. The maximum absolute atomic E-state index is 3.68. The van der Waals surface area contributed by atoms with E-state index < -0.39 is 0 Å². The van der Waals surface area contributed by atoms with Gasteiger partial charge >= 0.3 is 0 Å². The van der Waals surface area contributed by atoms with Crippen LogP contribution in [-0.4, -0.2) is 6.54 Å². The Bertz CT molecular complexity index is 541. The van der Waals surface area contributed by atoms with Crippen LogP contribution in [0.1, 0.15) is 31.9 Å². The molecule has 3 rings (SSSR count). The monoisotopic (exact) mass is 239 g/mol. The molecule has 1 saturated carbocycles. The lowest BCUT2D eigenvalue weighted by molar-refractivity contribution is 0.478. The lowest BCUT2D eigenvalue weighted by Crippen LogP contribution is -2.23. The number of benzene rings is 2. The topological polar surface area (TPSA) is 12.0 Å². The van der Waals surface area contributed by atoms with E-state index in [1.165, 1.54) is 22.8 Å². The van der Waals surface area contributed by atoms with Crippen molar-refractivity contribution in [2.75, 3.05) is 6.54 Å². The van der Waals surface area contributed by atoms with Gasteiger partial charge in [-0.25, -0.2) is 0 Å². The third kappa shape index (κ3) is 2.04. The summed E-state index contributed by atoms with van der Waals surface area (Å²) in [5.41, 5.74) is 1.48. The first kappa shape index (κ1) is 11.7. The number of fused-ring (bicyclic) bond motifs is 1. The molecule has 0 radical (unpaired) electrons. The maximum atomic E-state index is 3.68. The first-order valence-corrected chi connectivity index (χ1v) is 7.02. The Morgan fingerprint density at radius 2 is 1.89 bits per heavy atom. The van der Waals surface area contributed by atoms with Gasteiger partial charge in [0.05, 0.1) is 0 Å². The van der Waals surface area contributed by atoms with Crippen LogP contribution in [0.5, 0.6) is 0 Å². The van der Waals surface area contributed by atoms with Crippen LogP contribution in [0.3, 0.4) is 0 Å². The SMILES string of the molecule is CCNC(c1cccc2ccccc12)C1CC1C. The summed E-state index contributed by atoms with van der Waals surface area (Å²) in [6.45, 7) is 5.60. The van der Waals surface area contributed by atoms with Crippen LogP contribution >= 0.6 is 0 Å². The van der Waals surface area contributed by atoms with Crippen molar-refractivity contribution < 1.29 is 0 Å². The highest BCUT2D eigenvalue weighted by molar-refractivity contribution is 5.86. The Morgan fingerprint density at radius 1 is 1.17 bits per heavy atom. The Balaban J connectivity index is 2.05. The van der Waals surface area contributed by atoms with Gasteiger partial charge < -0.3 is 5.32 Å². The minimum Gasteiger partial charge on any atom is -0.310 e. The molecule has 1 aliphatic carbocycles. The second kappa shape index (κ2) is 4.74. The van der Waals surface area contributed by atoms with Gasteiger partial charge in [0.25, 0.3) is 0 Å². The fraction of sp³-hybridized carbons (Fsp3) is 0.412. The first-order chi connectivity index (χ1) is 8.81. The van der Waals surface area contributed by atoms with Gasteiger partial charge in [0.1, 0.15) is 0 Å². The van der Waals surface area contributed by atoms with E-state index in [9.17, 15) is 0 Å². The zero-order valence-corrected chi connectivity index (χ0v) is 11.2. The summed E-state index contributed by atoms with van der Waals surface area (Å²) in [5, 5.41) is 6.44. The average molecular weight is 239 g/mol. The molecule has 2 aromatic carbocycles. The van der Waals surface area contributed by atoms with Gasteiger partial charge in [-0.05, 0) is 41.1 Å². The van der Waals surface area contributed by atoms with Crippen molar-refractivity contribution in [3.05, 3.63) is 48.0 Å². The highest BCUT2D eigenvalue weighted by Crippen LogP contribution is 2.48. The molecule has 18 heavy (non-hydrogen) atoms. The summed E-state index contributed by atoms with van der Waals surface area (Å²) >= 11 is 0. The molecule has 94 valence electrons. The molecule has 1 heteroatoms. The molecule has 0 aliphatic heterocycles. The summed E-state index contributed by atoms with van der Waals surface area (Å²) in [6.07, 6.45) is 1.36. The highest BCUT2D eigenvalue weighted by Gasteiger charge is 2.40. The van der Waals surface area contributed by atoms with Gasteiger partial charge in [0, 0.05) is 6.04 Å². The molecule has 2 aromatic rings. The molecular formula is C17H21N. The summed E-state index contributed by atoms with van der Waals surface area (Å²) < 4.78 is 0. The highest BCUT2D eigenvalue weighted by atomic mass is 14.9. The Labute approximate surface area is 109 Å². The van der Waals surface area contributed by atoms with Crippen LogP contribution < -0.4 is 5.32 Å². The molecule has 0 amide bonds. The van der Waals surface area contributed by atoms with Gasteiger partial charge in [-0.3, -0.25) is 0 Å². The van der Waals surface area contributed by atoms with Gasteiger partial charge in [-0.1, -0.05) is 56.3 Å². The average Bonchev–Trinajstić information content (AvgIpc) is 3.12. The second-order valence-corrected chi connectivity index (χ2v) is 5.48. The van der Waals surface area contributed by atoms with E-state index in [1.54, 1.807) is 0 Å². The van der Waals surface area contributed by atoms with Gasteiger partial charge in [-0.2, -0.15) is 0 Å². The first-order valence-electron chi connectivity index (χ1n) is 7.02. The molecular weight excluding hydrogens is 218 g/mol. The lowest BCUT2D eigenvalue weighted by atomic mass is 9.95. The van der Waals surface area contributed by atoms with E-state index in [2.05, 4.69) is 61.6 Å². The van der Waals surface area contributed by atoms with Crippen molar-refractivity contribution in [3.8, 4) is 0 Å². The molecule has 0 spiro atoms. The fourth-order valence-electron chi connectivity index (χ4n) is 3.05. The van der Waals surface area contributed by atoms with E-state index in [-0.39, 0.29) is 0 Å². The second-order valence-electron chi connectivity index (χ2n) is 5.48. The van der Waals surface area contributed by atoms with Crippen molar-refractivity contribution in [1.82, 2.24) is 5.32 Å². The van der Waals surface area contributed by atoms with Gasteiger partial charge in [0.15, 0.2) is 0 Å². The van der Waals surface area contributed by atoms with E-state index in [0.29, 0.717) is 6.04 Å². The van der Waals surface area contributed by atoms with E-state index >= 15 is 0 Å². The van der Waals surface area contributed by atoms with Gasteiger partial charge in [0.2, 0.25) is 0 Å². The van der Waals surface area contributed by atoms with E-state index in [1.807, 2.05) is 0 Å². The smallest absolute Gasteiger partial charge is 0.0357 e. The molecule has 0 aromatic heterocycles. The zero-order chi connectivity index (χ0) is 12.5. The van der Waals surface area contributed by atoms with Crippen LogP contribution in [0, 0.1) is 11.8 Å². The third-order valence-electron chi connectivity index (χ3n) is 4.18. The van der Waals surface area contributed by atoms with Crippen molar-refractivity contribution in [3.63, 3.8) is 0 Å². The Kier molecular flexibility index (Phi) is 3.09. The Morgan fingerprint density at radius 3 is 2.61 bits per heavy atom. The van der Waals surface area contributed by atoms with Crippen molar-refractivity contribution >= 4 is 10.8 Å². The number of rotatable bonds is 4. The standard InChI is InChI=1S/C17H21N/c1-3-18-17(16-11-12(16)2)15-10-6-8-13-7-4-5-9-14(13)15/h4-10,12,16-18H,3,11H2,1-2H3. The van der Waals surface area contributed by atoms with E-state index in [0.717, 1.165) is 18.4 Å². The quantitative estimate of drug-likeness (QED) is 0.845. The largest absolute Gasteiger partial charge is 0.310 e. The lowest BCUT2D eigenvalue weighted by Gasteiger charge is -2.20.